The van der Waals surface area contributed by atoms with E-state index in [0.29, 0.717) is 16.7 Å². The first-order valence-corrected chi connectivity index (χ1v) is 8.76. The minimum absolute atomic E-state index is 0.0382. The molecule has 0 spiro atoms. The molecule has 5 heteroatoms. The van der Waals surface area contributed by atoms with Crippen molar-refractivity contribution in [2.45, 2.75) is 46.0 Å². The first-order chi connectivity index (χ1) is 12.3. The number of hydrogen-bond donors (Lipinski definition) is 0. The zero-order valence-corrected chi connectivity index (χ0v) is 15.4. The maximum Gasteiger partial charge on any atom is 0.278 e. The molecule has 0 bridgehead atoms. The monoisotopic (exact) mass is 351 g/mol. The predicted molar refractivity (Wildman–Crippen MR) is 99.9 cm³/mol. The van der Waals surface area contributed by atoms with Crippen LogP contribution in [0.15, 0.2) is 30.3 Å². The second-order valence-corrected chi connectivity index (χ2v) is 6.84. The Balaban J connectivity index is 2.46. The summed E-state index contributed by atoms with van der Waals surface area (Å²) in [4.78, 5) is 35.2. The van der Waals surface area contributed by atoms with E-state index in [2.05, 4.69) is 0 Å². The molecule has 0 N–H and O–H groups in total. The number of ketones is 2. The number of nitro benzene ring substituents is 1. The second-order valence-electron chi connectivity index (χ2n) is 6.84. The van der Waals surface area contributed by atoms with Gasteiger partial charge in [-0.05, 0) is 55.5 Å². The van der Waals surface area contributed by atoms with Crippen molar-refractivity contribution in [2.24, 2.45) is 0 Å². The molecular formula is C21H21NO4. The van der Waals surface area contributed by atoms with E-state index in [1.807, 2.05) is 19.9 Å². The molecule has 0 atom stereocenters. The average molecular weight is 351 g/mol. The Kier molecular flexibility index (Phi) is 4.26. The highest BCUT2D eigenvalue weighted by atomic mass is 16.6. The van der Waals surface area contributed by atoms with Crippen LogP contribution in [0.1, 0.15) is 72.4 Å². The van der Waals surface area contributed by atoms with Gasteiger partial charge in [0.2, 0.25) is 0 Å². The van der Waals surface area contributed by atoms with Gasteiger partial charge in [-0.2, -0.15) is 0 Å². The van der Waals surface area contributed by atoms with Crippen LogP contribution in [-0.2, 0) is 5.41 Å². The fraction of sp³-hybridized carbons (Fsp3) is 0.333. The lowest BCUT2D eigenvalue weighted by Crippen LogP contribution is -2.24. The maximum atomic E-state index is 12.0. The number of rotatable bonds is 5. The van der Waals surface area contributed by atoms with Gasteiger partial charge in [0.05, 0.1) is 10.5 Å². The molecule has 3 rings (SSSR count). The van der Waals surface area contributed by atoms with Crippen LogP contribution in [-0.4, -0.2) is 16.5 Å². The highest BCUT2D eigenvalue weighted by molar-refractivity contribution is 6.00. The molecule has 0 heterocycles. The van der Waals surface area contributed by atoms with Crippen molar-refractivity contribution in [3.63, 3.8) is 0 Å². The third kappa shape index (κ3) is 2.38. The predicted octanol–water partition coefficient (Wildman–Crippen LogP) is 5.09. The van der Waals surface area contributed by atoms with Crippen molar-refractivity contribution in [3.8, 4) is 11.1 Å². The summed E-state index contributed by atoms with van der Waals surface area (Å²) in [7, 11) is 0. The molecule has 0 radical (unpaired) electrons. The van der Waals surface area contributed by atoms with Crippen LogP contribution >= 0.6 is 0 Å². The summed E-state index contributed by atoms with van der Waals surface area (Å²) >= 11 is 0. The minimum Gasteiger partial charge on any atom is -0.295 e. The van der Waals surface area contributed by atoms with Crippen molar-refractivity contribution >= 4 is 17.3 Å². The molecule has 1 aliphatic rings. The Hall–Kier alpha value is -2.82. The zero-order chi connectivity index (χ0) is 19.2. The van der Waals surface area contributed by atoms with E-state index in [1.165, 1.54) is 19.9 Å². The molecule has 134 valence electrons. The topological polar surface area (TPSA) is 77.3 Å². The van der Waals surface area contributed by atoms with Crippen LogP contribution in [0.25, 0.3) is 11.1 Å². The van der Waals surface area contributed by atoms with E-state index in [9.17, 15) is 19.7 Å². The number of fused-ring (bicyclic) bond motifs is 3. The van der Waals surface area contributed by atoms with Gasteiger partial charge in [0.15, 0.2) is 11.6 Å². The van der Waals surface area contributed by atoms with Crippen LogP contribution in [0.2, 0.25) is 0 Å². The van der Waals surface area contributed by atoms with Gasteiger partial charge in [0.1, 0.15) is 0 Å². The van der Waals surface area contributed by atoms with E-state index in [-0.39, 0.29) is 17.3 Å². The summed E-state index contributed by atoms with van der Waals surface area (Å²) in [5, 5.41) is 11.7. The second kappa shape index (κ2) is 6.16. The fourth-order valence-corrected chi connectivity index (χ4v) is 4.17. The van der Waals surface area contributed by atoms with E-state index in [0.717, 1.165) is 29.5 Å². The summed E-state index contributed by atoms with van der Waals surface area (Å²) < 4.78 is 0. The molecule has 0 saturated heterocycles. The summed E-state index contributed by atoms with van der Waals surface area (Å²) in [5.41, 5.74) is 3.58. The van der Waals surface area contributed by atoms with E-state index >= 15 is 0 Å². The van der Waals surface area contributed by atoms with Gasteiger partial charge < -0.3 is 0 Å². The van der Waals surface area contributed by atoms with E-state index < -0.39 is 10.3 Å². The molecule has 0 saturated carbocycles. The van der Waals surface area contributed by atoms with Gasteiger partial charge in [-0.3, -0.25) is 19.7 Å². The van der Waals surface area contributed by atoms with Crippen LogP contribution in [0.5, 0.6) is 0 Å². The fourth-order valence-electron chi connectivity index (χ4n) is 4.17. The Morgan fingerprint density at radius 1 is 0.962 bits per heavy atom. The Morgan fingerprint density at radius 2 is 1.54 bits per heavy atom. The Bertz CT molecular complexity index is 955. The number of carbonyl (C=O) groups excluding carboxylic acids is 2. The van der Waals surface area contributed by atoms with E-state index in [4.69, 9.17) is 0 Å². The maximum absolute atomic E-state index is 12.0. The summed E-state index contributed by atoms with van der Waals surface area (Å²) in [5.74, 6) is -0.235. The molecule has 2 aromatic carbocycles. The zero-order valence-electron chi connectivity index (χ0n) is 15.4. The highest BCUT2D eigenvalue weighted by Crippen LogP contribution is 2.55. The normalized spacial score (nSPS) is 13.8. The van der Waals surface area contributed by atoms with Gasteiger partial charge in [0, 0.05) is 22.6 Å². The van der Waals surface area contributed by atoms with Crippen LogP contribution in [0.3, 0.4) is 0 Å². The molecule has 5 nitrogen and oxygen atoms in total. The SMILES string of the molecule is CCC1(CC)c2cc(C(C)=O)ccc2-c2c([N+](=O)[O-])cc(C(C)=O)cc21. The smallest absolute Gasteiger partial charge is 0.278 e. The Morgan fingerprint density at radius 3 is 2.04 bits per heavy atom. The van der Waals surface area contributed by atoms with Gasteiger partial charge in [-0.1, -0.05) is 26.0 Å². The number of carbonyl (C=O) groups is 2. The quantitative estimate of drug-likeness (QED) is 0.427. The first kappa shape index (κ1) is 18.0. The molecule has 0 amide bonds. The first-order valence-electron chi connectivity index (χ1n) is 8.76. The molecular weight excluding hydrogens is 330 g/mol. The van der Waals surface area contributed by atoms with Crippen LogP contribution in [0.4, 0.5) is 5.69 Å². The number of nitrogens with zero attached hydrogens (tertiary/aromatic N) is 1. The van der Waals surface area contributed by atoms with Crippen molar-refractivity contribution in [1.29, 1.82) is 0 Å². The molecule has 0 aromatic heterocycles. The molecule has 26 heavy (non-hydrogen) atoms. The standard InChI is InChI=1S/C21H21NO4/c1-5-21(6-2)17-9-14(12(3)23)7-8-16(17)20-18(21)10-15(13(4)24)11-19(20)22(25)26/h7-11H,5-6H2,1-4H3. The average Bonchev–Trinajstić information content (AvgIpc) is 2.90. The number of benzene rings is 2. The van der Waals surface area contributed by atoms with Crippen molar-refractivity contribution in [1.82, 2.24) is 0 Å². The van der Waals surface area contributed by atoms with Gasteiger partial charge in [0.25, 0.3) is 5.69 Å². The molecule has 1 aliphatic carbocycles. The van der Waals surface area contributed by atoms with Crippen LogP contribution < -0.4 is 0 Å². The number of hydrogen-bond acceptors (Lipinski definition) is 4. The molecule has 0 aliphatic heterocycles. The molecule has 0 fully saturated rings. The highest BCUT2D eigenvalue weighted by Gasteiger charge is 2.44. The third-order valence-corrected chi connectivity index (χ3v) is 5.65. The Labute approximate surface area is 152 Å². The lowest BCUT2D eigenvalue weighted by Gasteiger charge is -2.30. The van der Waals surface area contributed by atoms with Crippen LogP contribution in [0, 0.1) is 10.1 Å². The molecule has 0 unspecified atom stereocenters. The lowest BCUT2D eigenvalue weighted by atomic mass is 9.73. The van der Waals surface area contributed by atoms with E-state index in [1.54, 1.807) is 18.2 Å². The summed E-state index contributed by atoms with van der Waals surface area (Å²) in [6, 6.07) is 8.55. The minimum atomic E-state index is -0.438. The van der Waals surface area contributed by atoms with Crippen molar-refractivity contribution in [3.05, 3.63) is 62.7 Å². The van der Waals surface area contributed by atoms with Crippen molar-refractivity contribution < 1.29 is 14.5 Å². The number of Topliss-reactive ketones (excluding diaryl/α,β-unsaturated/α-hetero) is 2. The number of nitro groups is 1. The summed E-state index contributed by atoms with van der Waals surface area (Å²) in [6.45, 7) is 7.00. The van der Waals surface area contributed by atoms with Gasteiger partial charge in [-0.25, -0.2) is 0 Å². The molecule has 2 aromatic rings. The lowest BCUT2D eigenvalue weighted by molar-refractivity contribution is -0.384. The van der Waals surface area contributed by atoms with Gasteiger partial charge >= 0.3 is 0 Å². The summed E-state index contributed by atoms with van der Waals surface area (Å²) in [6.07, 6.45) is 1.45. The van der Waals surface area contributed by atoms with Crippen molar-refractivity contribution in [2.75, 3.05) is 0 Å². The third-order valence-electron chi connectivity index (χ3n) is 5.65. The largest absolute Gasteiger partial charge is 0.295 e. The van der Waals surface area contributed by atoms with Gasteiger partial charge in [-0.15, -0.1) is 0 Å².